The summed E-state index contributed by atoms with van der Waals surface area (Å²) in [5, 5.41) is 2.31. The van der Waals surface area contributed by atoms with E-state index in [-0.39, 0.29) is 20.6 Å². The number of amides is 3. The lowest BCUT2D eigenvalue weighted by atomic mass is 10.0. The Labute approximate surface area is 311 Å². The Morgan fingerprint density at radius 2 is 1.40 bits per heavy atom. The van der Waals surface area contributed by atoms with Crippen molar-refractivity contribution in [3.05, 3.63) is 91.7 Å². The molecule has 4 rings (SSSR count). The molecule has 0 saturated heterocycles. The SMILES string of the molecule is CC(C)(C)OC(=O)N(C(=O)OC(C)(C)C)c1c(F)ccc(CC(=O)c2cc(NC(=O)[C@H]3[C@H](c4ccc(Cl)c(Cl)c4)C3(Cl)Cl)cc(F)c2Cl)c1F. The Hall–Kier alpha value is -3.22. The van der Waals surface area contributed by atoms with Gasteiger partial charge in [0.2, 0.25) is 5.91 Å². The molecule has 8 nitrogen and oxygen atoms in total. The summed E-state index contributed by atoms with van der Waals surface area (Å²) in [7, 11) is 0. The molecule has 3 amide bonds. The third-order valence-corrected chi connectivity index (χ3v) is 9.17. The quantitative estimate of drug-likeness (QED) is 0.189. The van der Waals surface area contributed by atoms with Gasteiger partial charge in [-0.15, -0.1) is 23.2 Å². The third kappa shape index (κ3) is 8.80. The summed E-state index contributed by atoms with van der Waals surface area (Å²) in [6.45, 7) is 8.83. The molecule has 268 valence electrons. The van der Waals surface area contributed by atoms with Crippen LogP contribution in [0, 0.1) is 23.4 Å². The number of alkyl halides is 2. The summed E-state index contributed by atoms with van der Waals surface area (Å²) < 4.78 is 55.1. The van der Waals surface area contributed by atoms with Gasteiger partial charge in [0.15, 0.2) is 17.4 Å². The van der Waals surface area contributed by atoms with Crippen molar-refractivity contribution in [2.75, 3.05) is 10.2 Å². The minimum absolute atomic E-state index is 0.0504. The number of Topliss-reactive ketones (excluding diaryl/α,β-unsaturated/α-hetero) is 1. The molecule has 50 heavy (non-hydrogen) atoms. The van der Waals surface area contributed by atoms with E-state index in [1.165, 1.54) is 53.7 Å². The lowest BCUT2D eigenvalue weighted by molar-refractivity contribution is -0.117. The van der Waals surface area contributed by atoms with Gasteiger partial charge in [0.25, 0.3) is 0 Å². The van der Waals surface area contributed by atoms with Gasteiger partial charge >= 0.3 is 12.2 Å². The molecule has 0 radical (unpaired) electrons. The maximum Gasteiger partial charge on any atom is 0.424 e. The molecule has 3 aromatic carbocycles. The molecule has 16 heteroatoms. The van der Waals surface area contributed by atoms with Crippen LogP contribution in [0.15, 0.2) is 42.5 Å². The summed E-state index contributed by atoms with van der Waals surface area (Å²) in [4.78, 5) is 52.8. The third-order valence-electron chi connectivity index (χ3n) is 7.11. The van der Waals surface area contributed by atoms with Crippen molar-refractivity contribution in [1.82, 2.24) is 0 Å². The number of rotatable bonds is 7. The number of imide groups is 1. The highest BCUT2D eigenvalue weighted by molar-refractivity contribution is 6.53. The first kappa shape index (κ1) is 39.6. The van der Waals surface area contributed by atoms with Crippen LogP contribution in [0.3, 0.4) is 0 Å². The van der Waals surface area contributed by atoms with Crippen molar-refractivity contribution in [2.24, 2.45) is 5.92 Å². The maximum atomic E-state index is 16.0. The molecule has 1 aliphatic rings. The number of hydrogen-bond acceptors (Lipinski definition) is 6. The predicted octanol–water partition coefficient (Wildman–Crippen LogP) is 10.7. The summed E-state index contributed by atoms with van der Waals surface area (Å²) in [5.74, 6) is -7.32. The molecule has 0 aromatic heterocycles. The van der Waals surface area contributed by atoms with Gasteiger partial charge in [-0.1, -0.05) is 46.9 Å². The zero-order valence-corrected chi connectivity index (χ0v) is 31.1. The number of ketones is 1. The van der Waals surface area contributed by atoms with Gasteiger partial charge < -0.3 is 14.8 Å². The van der Waals surface area contributed by atoms with Crippen molar-refractivity contribution in [3.8, 4) is 0 Å². The van der Waals surface area contributed by atoms with Crippen LogP contribution in [0.2, 0.25) is 15.1 Å². The minimum Gasteiger partial charge on any atom is -0.443 e. The summed E-state index contributed by atoms with van der Waals surface area (Å²) >= 11 is 31.0. The van der Waals surface area contributed by atoms with Gasteiger partial charge in [0.05, 0.1) is 21.0 Å². The largest absolute Gasteiger partial charge is 0.443 e. The van der Waals surface area contributed by atoms with Crippen LogP contribution >= 0.6 is 58.0 Å². The molecule has 2 atom stereocenters. The Kier molecular flexibility index (Phi) is 11.4. The second-order valence-electron chi connectivity index (χ2n) is 13.4. The van der Waals surface area contributed by atoms with E-state index in [2.05, 4.69) is 5.32 Å². The van der Waals surface area contributed by atoms with Crippen LogP contribution in [0.25, 0.3) is 0 Å². The molecular weight excluding hydrogens is 767 g/mol. The Bertz CT molecular complexity index is 1870. The van der Waals surface area contributed by atoms with Crippen molar-refractivity contribution in [1.29, 1.82) is 0 Å². The minimum atomic E-state index is -1.55. The zero-order chi connectivity index (χ0) is 37.7. The lowest BCUT2D eigenvalue weighted by Gasteiger charge is -2.29. The molecule has 0 aliphatic heterocycles. The summed E-state index contributed by atoms with van der Waals surface area (Å²) in [6, 6.07) is 8.18. The number of benzene rings is 3. The topological polar surface area (TPSA) is 102 Å². The first-order valence-electron chi connectivity index (χ1n) is 14.8. The Morgan fingerprint density at radius 1 is 0.820 bits per heavy atom. The van der Waals surface area contributed by atoms with Crippen molar-refractivity contribution < 1.29 is 41.8 Å². The van der Waals surface area contributed by atoms with Crippen molar-refractivity contribution in [3.63, 3.8) is 0 Å². The van der Waals surface area contributed by atoms with Crippen LogP contribution in [0.5, 0.6) is 0 Å². The van der Waals surface area contributed by atoms with E-state index >= 15 is 8.78 Å². The van der Waals surface area contributed by atoms with Crippen LogP contribution in [-0.2, 0) is 20.7 Å². The summed E-state index contributed by atoms with van der Waals surface area (Å²) in [5.41, 5.74) is -4.17. The molecule has 1 aliphatic carbocycles. The summed E-state index contributed by atoms with van der Waals surface area (Å²) in [6.07, 6.45) is -3.74. The van der Waals surface area contributed by atoms with Gasteiger partial charge in [0, 0.05) is 23.6 Å². The van der Waals surface area contributed by atoms with Gasteiger partial charge in [-0.25, -0.2) is 22.8 Å². The fourth-order valence-corrected chi connectivity index (χ4v) is 6.27. The normalized spacial score (nSPS) is 16.8. The molecule has 0 bridgehead atoms. The van der Waals surface area contributed by atoms with E-state index in [9.17, 15) is 23.6 Å². The van der Waals surface area contributed by atoms with Gasteiger partial charge in [-0.2, -0.15) is 4.90 Å². The number of nitrogens with zero attached hydrogens (tertiary/aromatic N) is 1. The number of carbonyl (C=O) groups is 4. The molecule has 0 heterocycles. The number of anilines is 2. The van der Waals surface area contributed by atoms with Gasteiger partial charge in [0.1, 0.15) is 27.0 Å². The monoisotopic (exact) mass is 794 g/mol. The van der Waals surface area contributed by atoms with E-state index in [0.717, 1.165) is 24.3 Å². The van der Waals surface area contributed by atoms with E-state index < -0.39 is 97.0 Å². The van der Waals surface area contributed by atoms with Crippen LogP contribution in [-0.4, -0.2) is 39.4 Å². The van der Waals surface area contributed by atoms with Crippen LogP contribution in [0.1, 0.15) is 68.9 Å². The average molecular weight is 797 g/mol. The van der Waals surface area contributed by atoms with E-state index in [4.69, 9.17) is 67.5 Å². The fourth-order valence-electron chi connectivity index (χ4n) is 4.92. The Balaban J connectivity index is 1.63. The number of hydrogen-bond donors (Lipinski definition) is 1. The Morgan fingerprint density at radius 3 is 1.94 bits per heavy atom. The van der Waals surface area contributed by atoms with E-state index in [1.807, 2.05) is 0 Å². The molecule has 1 fully saturated rings. The smallest absolute Gasteiger partial charge is 0.424 e. The van der Waals surface area contributed by atoms with Gasteiger partial charge in [-0.3, -0.25) is 9.59 Å². The number of halogens is 8. The lowest BCUT2D eigenvalue weighted by Crippen LogP contribution is -2.44. The zero-order valence-electron chi connectivity index (χ0n) is 27.3. The van der Waals surface area contributed by atoms with E-state index in [1.54, 1.807) is 6.07 Å². The number of carbonyl (C=O) groups excluding carboxylic acids is 4. The molecule has 0 unspecified atom stereocenters. The highest BCUT2D eigenvalue weighted by Crippen LogP contribution is 2.65. The standard InChI is InChI=1S/C34H30Cl5F3N2O6/c1-32(2,3)49-30(47)44(31(48)50-33(4,5)6)28-21(40)10-8-16(27(28)42)12-23(45)18-13-17(14-22(41)26(18)37)43-29(46)25-24(34(25,38)39)15-7-9-19(35)20(36)11-15/h7-11,13-14,24-25H,12H2,1-6H3,(H,43,46)/t24-,25+/m0/s1. The highest BCUT2D eigenvalue weighted by atomic mass is 35.5. The van der Waals surface area contributed by atoms with Crippen molar-refractivity contribution >= 4 is 93.3 Å². The second kappa shape index (κ2) is 14.4. The highest BCUT2D eigenvalue weighted by Gasteiger charge is 2.67. The fraction of sp³-hybridized carbons (Fsp3) is 0.353. The van der Waals surface area contributed by atoms with Gasteiger partial charge in [-0.05, 0) is 83.0 Å². The number of nitrogens with one attached hydrogen (secondary N) is 1. The van der Waals surface area contributed by atoms with Crippen molar-refractivity contribution in [2.45, 2.75) is 69.4 Å². The molecule has 1 saturated carbocycles. The molecule has 0 spiro atoms. The van der Waals surface area contributed by atoms with Crippen LogP contribution < -0.4 is 10.2 Å². The van der Waals surface area contributed by atoms with E-state index in [0.29, 0.717) is 5.56 Å². The molecule has 1 N–H and O–H groups in total. The van der Waals surface area contributed by atoms with Crippen LogP contribution in [0.4, 0.5) is 34.1 Å². The molecular formula is C34H30Cl5F3N2O6. The number of ether oxygens (including phenoxy) is 2. The molecule has 3 aromatic rings. The predicted molar refractivity (Wildman–Crippen MR) is 187 cm³/mol. The maximum absolute atomic E-state index is 16.0. The average Bonchev–Trinajstić information content (AvgIpc) is 3.55. The first-order chi connectivity index (χ1) is 22.9. The second-order valence-corrected chi connectivity index (χ2v) is 16.0. The first-order valence-corrected chi connectivity index (χ1v) is 16.7.